The van der Waals surface area contributed by atoms with Gasteiger partial charge in [-0.3, -0.25) is 9.36 Å². The molecule has 0 aliphatic carbocycles. The SMILES string of the molecule is COc1ccc(-c2c(-c3ccccc3)c3c(C)c(C)sc3n2C(C)=O)cc1. The second-order valence-corrected chi connectivity index (χ2v) is 7.84. The van der Waals surface area contributed by atoms with Crippen molar-refractivity contribution in [3.63, 3.8) is 0 Å². The molecule has 0 radical (unpaired) electrons. The minimum Gasteiger partial charge on any atom is -0.497 e. The molecule has 4 rings (SSSR count). The lowest BCUT2D eigenvalue weighted by molar-refractivity contribution is 0.0944. The van der Waals surface area contributed by atoms with Gasteiger partial charge >= 0.3 is 0 Å². The lowest BCUT2D eigenvalue weighted by Gasteiger charge is -2.11. The van der Waals surface area contributed by atoms with E-state index in [1.165, 1.54) is 15.8 Å². The summed E-state index contributed by atoms with van der Waals surface area (Å²) in [4.78, 5) is 14.9. The third kappa shape index (κ3) is 2.77. The molecule has 0 spiro atoms. The van der Waals surface area contributed by atoms with Gasteiger partial charge in [-0.05, 0) is 54.8 Å². The molecule has 2 aromatic heterocycles. The monoisotopic (exact) mass is 375 g/mol. The summed E-state index contributed by atoms with van der Waals surface area (Å²) in [6.07, 6.45) is 0. The van der Waals surface area contributed by atoms with Gasteiger partial charge in [-0.1, -0.05) is 30.3 Å². The van der Waals surface area contributed by atoms with Crippen molar-refractivity contribution in [2.45, 2.75) is 20.8 Å². The molecule has 0 N–H and O–H groups in total. The normalized spacial score (nSPS) is 11.1. The van der Waals surface area contributed by atoms with E-state index in [1.54, 1.807) is 25.4 Å². The highest BCUT2D eigenvalue weighted by atomic mass is 32.1. The van der Waals surface area contributed by atoms with E-state index < -0.39 is 0 Å². The fourth-order valence-corrected chi connectivity index (χ4v) is 4.81. The van der Waals surface area contributed by atoms with Crippen LogP contribution in [0.15, 0.2) is 54.6 Å². The van der Waals surface area contributed by atoms with Crippen LogP contribution in [-0.4, -0.2) is 17.6 Å². The van der Waals surface area contributed by atoms with Gasteiger partial charge in [-0.2, -0.15) is 0 Å². The number of hydrogen-bond donors (Lipinski definition) is 0. The largest absolute Gasteiger partial charge is 0.497 e. The van der Waals surface area contributed by atoms with Crippen LogP contribution in [0.4, 0.5) is 0 Å². The lowest BCUT2D eigenvalue weighted by atomic mass is 9.97. The summed E-state index contributed by atoms with van der Waals surface area (Å²) in [5, 5.41) is 1.17. The van der Waals surface area contributed by atoms with Crippen LogP contribution in [0.25, 0.3) is 32.6 Å². The maximum Gasteiger partial charge on any atom is 0.229 e. The number of hydrogen-bond acceptors (Lipinski definition) is 3. The zero-order chi connectivity index (χ0) is 19.1. The molecular weight excluding hydrogens is 354 g/mol. The van der Waals surface area contributed by atoms with Crippen LogP contribution in [0.2, 0.25) is 0 Å². The maximum atomic E-state index is 12.7. The number of carbonyl (C=O) groups excluding carboxylic acids is 1. The fourth-order valence-electron chi connectivity index (χ4n) is 3.60. The zero-order valence-corrected chi connectivity index (χ0v) is 16.7. The molecule has 0 saturated carbocycles. The van der Waals surface area contributed by atoms with Crippen molar-refractivity contribution in [3.8, 4) is 28.1 Å². The highest BCUT2D eigenvalue weighted by molar-refractivity contribution is 7.19. The number of aromatic nitrogens is 1. The second-order valence-electron chi connectivity index (χ2n) is 6.64. The topological polar surface area (TPSA) is 31.2 Å². The Labute approximate surface area is 162 Å². The number of carbonyl (C=O) groups is 1. The number of methoxy groups -OCH3 is 1. The van der Waals surface area contributed by atoms with Crippen LogP contribution in [-0.2, 0) is 0 Å². The van der Waals surface area contributed by atoms with Gasteiger partial charge in [0.1, 0.15) is 10.6 Å². The lowest BCUT2D eigenvalue weighted by Crippen LogP contribution is -2.06. The minimum absolute atomic E-state index is 0.0225. The molecule has 0 aliphatic heterocycles. The van der Waals surface area contributed by atoms with E-state index in [9.17, 15) is 4.79 Å². The summed E-state index contributed by atoms with van der Waals surface area (Å²) in [6, 6.07) is 18.2. The van der Waals surface area contributed by atoms with Gasteiger partial charge in [0.25, 0.3) is 0 Å². The Bertz CT molecular complexity index is 1140. The van der Waals surface area contributed by atoms with Crippen molar-refractivity contribution in [1.29, 1.82) is 0 Å². The molecular formula is C23H21NO2S. The van der Waals surface area contributed by atoms with Crippen molar-refractivity contribution in [2.75, 3.05) is 7.11 Å². The number of benzene rings is 2. The molecule has 3 nitrogen and oxygen atoms in total. The van der Waals surface area contributed by atoms with Crippen molar-refractivity contribution in [3.05, 3.63) is 65.0 Å². The Morgan fingerprint density at radius 1 is 0.963 bits per heavy atom. The van der Waals surface area contributed by atoms with Crippen molar-refractivity contribution in [2.24, 2.45) is 0 Å². The smallest absolute Gasteiger partial charge is 0.229 e. The first-order valence-corrected chi connectivity index (χ1v) is 9.69. The number of aryl methyl sites for hydroxylation is 2. The number of thiophene rings is 1. The van der Waals surface area contributed by atoms with E-state index in [1.807, 2.05) is 47.0 Å². The van der Waals surface area contributed by atoms with E-state index in [-0.39, 0.29) is 5.91 Å². The van der Waals surface area contributed by atoms with Gasteiger partial charge < -0.3 is 4.74 Å². The Morgan fingerprint density at radius 3 is 2.22 bits per heavy atom. The van der Waals surface area contributed by atoms with Gasteiger partial charge in [0.2, 0.25) is 5.91 Å². The van der Waals surface area contributed by atoms with Crippen LogP contribution in [0.1, 0.15) is 22.2 Å². The quantitative estimate of drug-likeness (QED) is 0.419. The maximum absolute atomic E-state index is 12.7. The average molecular weight is 375 g/mol. The molecule has 2 heterocycles. The van der Waals surface area contributed by atoms with E-state index in [0.29, 0.717) is 0 Å². The van der Waals surface area contributed by atoms with Gasteiger partial charge in [0.05, 0.1) is 12.8 Å². The summed E-state index contributed by atoms with van der Waals surface area (Å²) in [5.41, 5.74) is 5.43. The molecule has 0 aliphatic rings. The van der Waals surface area contributed by atoms with Gasteiger partial charge in [0.15, 0.2) is 0 Å². The highest BCUT2D eigenvalue weighted by Crippen LogP contribution is 2.46. The minimum atomic E-state index is 0.0225. The van der Waals surface area contributed by atoms with Crippen LogP contribution in [0, 0.1) is 13.8 Å². The van der Waals surface area contributed by atoms with E-state index in [2.05, 4.69) is 26.0 Å². The standard InChI is InChI=1S/C23H21NO2S/c1-14-15(2)27-23-20(14)21(17-8-6-5-7-9-17)22(24(23)16(3)25)18-10-12-19(26-4)13-11-18/h5-13H,1-4H3. The molecule has 2 aromatic carbocycles. The molecule has 4 aromatic rings. The molecule has 0 fully saturated rings. The third-order valence-corrected chi connectivity index (χ3v) is 6.21. The second kappa shape index (κ2) is 6.71. The number of nitrogens with zero attached hydrogens (tertiary/aromatic N) is 1. The molecule has 27 heavy (non-hydrogen) atoms. The summed E-state index contributed by atoms with van der Waals surface area (Å²) in [6.45, 7) is 5.89. The Hall–Kier alpha value is -2.85. The highest BCUT2D eigenvalue weighted by Gasteiger charge is 2.25. The Morgan fingerprint density at radius 2 is 1.63 bits per heavy atom. The van der Waals surface area contributed by atoms with Gasteiger partial charge in [-0.15, -0.1) is 11.3 Å². The van der Waals surface area contributed by atoms with Crippen LogP contribution >= 0.6 is 11.3 Å². The summed E-state index contributed by atoms with van der Waals surface area (Å²) in [5.74, 6) is 0.823. The molecule has 0 unspecified atom stereocenters. The molecule has 136 valence electrons. The Balaban J connectivity index is 2.15. The Kier molecular flexibility index (Phi) is 4.36. The molecule has 0 saturated heterocycles. The summed E-state index contributed by atoms with van der Waals surface area (Å²) >= 11 is 1.68. The first-order valence-electron chi connectivity index (χ1n) is 8.88. The predicted molar refractivity (Wildman–Crippen MR) is 113 cm³/mol. The van der Waals surface area contributed by atoms with Crippen LogP contribution in [0.3, 0.4) is 0 Å². The first-order chi connectivity index (χ1) is 13.0. The summed E-state index contributed by atoms with van der Waals surface area (Å²) in [7, 11) is 1.66. The van der Waals surface area contributed by atoms with Gasteiger partial charge in [0, 0.05) is 22.8 Å². The average Bonchev–Trinajstić information content (AvgIpc) is 3.16. The number of rotatable bonds is 3. The molecule has 4 heteroatoms. The van der Waals surface area contributed by atoms with Crippen molar-refractivity contribution >= 4 is 27.5 Å². The third-order valence-electron chi connectivity index (χ3n) is 5.02. The van der Waals surface area contributed by atoms with Gasteiger partial charge in [-0.25, -0.2) is 0 Å². The van der Waals surface area contributed by atoms with Crippen molar-refractivity contribution in [1.82, 2.24) is 4.57 Å². The summed E-state index contributed by atoms with van der Waals surface area (Å²) < 4.78 is 7.17. The molecule has 0 bridgehead atoms. The number of fused-ring (bicyclic) bond motifs is 1. The molecule has 0 atom stereocenters. The predicted octanol–water partition coefficient (Wildman–Crippen LogP) is 6.32. The van der Waals surface area contributed by atoms with E-state index in [4.69, 9.17) is 4.74 Å². The van der Waals surface area contributed by atoms with Crippen LogP contribution in [0.5, 0.6) is 5.75 Å². The molecule has 0 amide bonds. The van der Waals surface area contributed by atoms with E-state index >= 15 is 0 Å². The zero-order valence-electron chi connectivity index (χ0n) is 15.9. The van der Waals surface area contributed by atoms with E-state index in [0.717, 1.165) is 33.0 Å². The number of ether oxygens (including phenoxy) is 1. The van der Waals surface area contributed by atoms with Crippen LogP contribution < -0.4 is 4.74 Å². The fraction of sp³-hybridized carbons (Fsp3) is 0.174. The first kappa shape index (κ1) is 17.6. The van der Waals surface area contributed by atoms with Crippen molar-refractivity contribution < 1.29 is 9.53 Å².